The minimum absolute atomic E-state index is 0.302. The highest BCUT2D eigenvalue weighted by molar-refractivity contribution is 9.10. The Kier molecular flexibility index (Phi) is 3.48. The third-order valence-electron chi connectivity index (χ3n) is 3.22. The van der Waals surface area contributed by atoms with Crippen molar-refractivity contribution in [2.45, 2.75) is 32.7 Å². The summed E-state index contributed by atoms with van der Waals surface area (Å²) >= 11 is 3.46. The lowest BCUT2D eigenvalue weighted by atomic mass is 10.0. The van der Waals surface area contributed by atoms with E-state index >= 15 is 0 Å². The van der Waals surface area contributed by atoms with Crippen LogP contribution in [0.25, 0.3) is 10.9 Å². The molecule has 0 bridgehead atoms. The first kappa shape index (κ1) is 13.1. The summed E-state index contributed by atoms with van der Waals surface area (Å²) in [7, 11) is 0. The first-order chi connectivity index (χ1) is 8.41. The standard InChI is InChI=1S/C14H16BrNO2/c1-8(2)16-7-12(9(3)14(17)18)11-5-4-10(15)6-13(11)16/h4-9H,1-3H3,(H,17,18). The van der Waals surface area contributed by atoms with E-state index in [1.54, 1.807) is 6.92 Å². The Morgan fingerprint density at radius 1 is 1.33 bits per heavy atom. The molecule has 0 saturated heterocycles. The first-order valence-electron chi connectivity index (χ1n) is 5.94. The summed E-state index contributed by atoms with van der Waals surface area (Å²) in [5.74, 6) is -1.28. The van der Waals surface area contributed by atoms with Gasteiger partial charge >= 0.3 is 5.97 Å². The van der Waals surface area contributed by atoms with Crippen molar-refractivity contribution in [2.75, 3.05) is 0 Å². The highest BCUT2D eigenvalue weighted by Gasteiger charge is 2.20. The summed E-state index contributed by atoms with van der Waals surface area (Å²) in [6.07, 6.45) is 1.96. The molecule has 0 aliphatic rings. The SMILES string of the molecule is CC(C(=O)O)c1cn(C(C)C)c2cc(Br)ccc12. The van der Waals surface area contributed by atoms with Crippen molar-refractivity contribution < 1.29 is 9.90 Å². The Morgan fingerprint density at radius 3 is 2.56 bits per heavy atom. The number of nitrogens with zero attached hydrogens (tertiary/aromatic N) is 1. The predicted octanol–water partition coefficient (Wildman–Crippen LogP) is 4.17. The van der Waals surface area contributed by atoms with Crippen LogP contribution in [0.15, 0.2) is 28.9 Å². The number of hydrogen-bond donors (Lipinski definition) is 1. The molecule has 2 rings (SSSR count). The van der Waals surface area contributed by atoms with Crippen molar-refractivity contribution in [2.24, 2.45) is 0 Å². The van der Waals surface area contributed by atoms with Crippen LogP contribution in [0.2, 0.25) is 0 Å². The van der Waals surface area contributed by atoms with Gasteiger partial charge in [0.25, 0.3) is 0 Å². The number of aliphatic carboxylic acids is 1. The van der Waals surface area contributed by atoms with Crippen LogP contribution >= 0.6 is 15.9 Å². The van der Waals surface area contributed by atoms with Crippen LogP contribution in [-0.2, 0) is 4.79 Å². The zero-order chi connectivity index (χ0) is 13.4. The van der Waals surface area contributed by atoms with Crippen molar-refractivity contribution in [1.29, 1.82) is 0 Å². The molecule has 0 spiro atoms. The molecule has 0 radical (unpaired) electrons. The minimum Gasteiger partial charge on any atom is -0.481 e. The fraction of sp³-hybridized carbons (Fsp3) is 0.357. The van der Waals surface area contributed by atoms with Gasteiger partial charge in [-0.3, -0.25) is 4.79 Å². The van der Waals surface area contributed by atoms with E-state index in [0.717, 1.165) is 20.9 Å². The molecule has 0 aliphatic heterocycles. The maximum Gasteiger partial charge on any atom is 0.310 e. The zero-order valence-corrected chi connectivity index (χ0v) is 12.2. The second kappa shape index (κ2) is 4.76. The average Bonchev–Trinajstić information content (AvgIpc) is 2.66. The summed E-state index contributed by atoms with van der Waals surface area (Å²) in [6, 6.07) is 6.27. The number of carboxylic acids is 1. The van der Waals surface area contributed by atoms with E-state index in [2.05, 4.69) is 34.3 Å². The third kappa shape index (κ3) is 2.17. The van der Waals surface area contributed by atoms with Gasteiger partial charge in [-0.1, -0.05) is 22.0 Å². The molecule has 1 aromatic carbocycles. The van der Waals surface area contributed by atoms with Crippen LogP contribution in [0.3, 0.4) is 0 Å². The highest BCUT2D eigenvalue weighted by atomic mass is 79.9. The van der Waals surface area contributed by atoms with E-state index in [4.69, 9.17) is 0 Å². The normalized spacial score (nSPS) is 13.2. The summed E-state index contributed by atoms with van der Waals surface area (Å²) in [6.45, 7) is 5.91. The van der Waals surface area contributed by atoms with Crippen molar-refractivity contribution in [3.8, 4) is 0 Å². The molecule has 4 heteroatoms. The van der Waals surface area contributed by atoms with Crippen LogP contribution in [0.5, 0.6) is 0 Å². The Labute approximate surface area is 115 Å². The Hall–Kier alpha value is -1.29. The molecule has 0 saturated carbocycles. The van der Waals surface area contributed by atoms with Gasteiger partial charge in [-0.15, -0.1) is 0 Å². The topological polar surface area (TPSA) is 42.2 Å². The van der Waals surface area contributed by atoms with E-state index in [-0.39, 0.29) is 0 Å². The highest BCUT2D eigenvalue weighted by Crippen LogP contribution is 2.31. The smallest absolute Gasteiger partial charge is 0.310 e. The Balaban J connectivity index is 2.72. The molecule has 0 aliphatic carbocycles. The maximum absolute atomic E-state index is 11.2. The minimum atomic E-state index is -0.791. The van der Waals surface area contributed by atoms with Gasteiger partial charge < -0.3 is 9.67 Å². The van der Waals surface area contributed by atoms with Gasteiger partial charge in [-0.25, -0.2) is 0 Å². The largest absolute Gasteiger partial charge is 0.481 e. The summed E-state index contributed by atoms with van der Waals surface area (Å²) in [5, 5.41) is 10.2. The van der Waals surface area contributed by atoms with Crippen molar-refractivity contribution in [1.82, 2.24) is 4.57 Å². The van der Waals surface area contributed by atoms with Crippen LogP contribution in [0.4, 0.5) is 0 Å². The number of carboxylic acid groups (broad SMARTS) is 1. The molecule has 1 atom stereocenters. The molecule has 0 amide bonds. The number of benzene rings is 1. The van der Waals surface area contributed by atoms with E-state index in [9.17, 15) is 9.90 Å². The number of carbonyl (C=O) groups is 1. The number of aromatic nitrogens is 1. The van der Waals surface area contributed by atoms with Crippen LogP contribution in [0.1, 0.15) is 38.3 Å². The molecule has 1 aromatic heterocycles. The molecule has 1 N–H and O–H groups in total. The summed E-state index contributed by atoms with van der Waals surface area (Å²) in [5.41, 5.74) is 1.95. The molecular formula is C14H16BrNO2. The molecule has 1 heterocycles. The number of fused-ring (bicyclic) bond motifs is 1. The van der Waals surface area contributed by atoms with Gasteiger partial charge in [-0.05, 0) is 38.5 Å². The van der Waals surface area contributed by atoms with Crippen molar-refractivity contribution in [3.63, 3.8) is 0 Å². The van der Waals surface area contributed by atoms with E-state index in [1.807, 2.05) is 24.4 Å². The number of rotatable bonds is 3. The summed E-state index contributed by atoms with van der Waals surface area (Å²) in [4.78, 5) is 11.2. The second-order valence-corrected chi connectivity index (χ2v) is 5.72. The van der Waals surface area contributed by atoms with Gasteiger partial charge in [0.2, 0.25) is 0 Å². The van der Waals surface area contributed by atoms with Crippen LogP contribution < -0.4 is 0 Å². The molecule has 2 aromatic rings. The van der Waals surface area contributed by atoms with Gasteiger partial charge in [0.1, 0.15) is 0 Å². The Morgan fingerprint density at radius 2 is 2.00 bits per heavy atom. The molecule has 1 unspecified atom stereocenters. The maximum atomic E-state index is 11.2. The summed E-state index contributed by atoms with van der Waals surface area (Å²) < 4.78 is 3.12. The van der Waals surface area contributed by atoms with Crippen LogP contribution in [-0.4, -0.2) is 15.6 Å². The lowest BCUT2D eigenvalue weighted by molar-refractivity contribution is -0.138. The first-order valence-corrected chi connectivity index (χ1v) is 6.74. The van der Waals surface area contributed by atoms with Crippen molar-refractivity contribution >= 4 is 32.8 Å². The molecule has 3 nitrogen and oxygen atoms in total. The lowest BCUT2D eigenvalue weighted by Gasteiger charge is -2.09. The predicted molar refractivity (Wildman–Crippen MR) is 76.1 cm³/mol. The van der Waals surface area contributed by atoms with Gasteiger partial charge in [-0.2, -0.15) is 0 Å². The fourth-order valence-electron chi connectivity index (χ4n) is 2.16. The molecule has 0 fully saturated rings. The zero-order valence-electron chi connectivity index (χ0n) is 10.6. The number of hydrogen-bond acceptors (Lipinski definition) is 1. The number of halogens is 1. The van der Waals surface area contributed by atoms with Gasteiger partial charge in [0.05, 0.1) is 5.92 Å². The molecule has 96 valence electrons. The Bertz CT molecular complexity index is 601. The average molecular weight is 310 g/mol. The monoisotopic (exact) mass is 309 g/mol. The quantitative estimate of drug-likeness (QED) is 0.924. The van der Waals surface area contributed by atoms with Crippen LogP contribution in [0, 0.1) is 0 Å². The molecular weight excluding hydrogens is 294 g/mol. The third-order valence-corrected chi connectivity index (χ3v) is 3.71. The van der Waals surface area contributed by atoms with Gasteiger partial charge in [0.15, 0.2) is 0 Å². The van der Waals surface area contributed by atoms with Crippen molar-refractivity contribution in [3.05, 3.63) is 34.4 Å². The second-order valence-electron chi connectivity index (χ2n) is 4.81. The lowest BCUT2D eigenvalue weighted by Crippen LogP contribution is -2.07. The van der Waals surface area contributed by atoms with Gasteiger partial charge in [0, 0.05) is 27.6 Å². The van der Waals surface area contributed by atoms with E-state index in [0.29, 0.717) is 6.04 Å². The molecule has 18 heavy (non-hydrogen) atoms. The van der Waals surface area contributed by atoms with E-state index < -0.39 is 11.9 Å². The van der Waals surface area contributed by atoms with E-state index in [1.165, 1.54) is 0 Å². The fourth-order valence-corrected chi connectivity index (χ4v) is 2.51.